The van der Waals surface area contributed by atoms with Crippen LogP contribution >= 0.6 is 0 Å². The zero-order valence-electron chi connectivity index (χ0n) is 6.66. The molecule has 0 fully saturated rings. The fraction of sp³-hybridized carbons (Fsp3) is 1.00. The Morgan fingerprint density at radius 2 is 1.79 bits per heavy atom. The van der Waals surface area contributed by atoms with Crippen molar-refractivity contribution < 1.29 is 23.0 Å². The molecule has 7 nitrogen and oxygen atoms in total. The Kier molecular flexibility index (Phi) is 4.46. The first-order valence-electron chi connectivity index (χ1n) is 3.18. The summed E-state index contributed by atoms with van der Waals surface area (Å²) in [6, 6.07) is 0. The van der Waals surface area contributed by atoms with Crippen LogP contribution in [0, 0.1) is 10.1 Å². The van der Waals surface area contributed by atoms with Crippen LogP contribution in [0.3, 0.4) is 0 Å². The minimum Gasteiger partial charge on any atom is -0.327 e. The van der Waals surface area contributed by atoms with Gasteiger partial charge in [-0.1, -0.05) is 17.9 Å². The maximum absolute atomic E-state index is 12.0. The lowest BCUT2D eigenvalue weighted by molar-refractivity contribution is -0.552. The molecule has 0 amide bonds. The summed E-state index contributed by atoms with van der Waals surface area (Å²) >= 11 is 0. The largest absolute Gasteiger partial charge is 0.327 e. The van der Waals surface area contributed by atoms with Gasteiger partial charge in [0.15, 0.2) is 5.03 Å². The molecule has 14 heavy (non-hydrogen) atoms. The first-order valence-corrected chi connectivity index (χ1v) is 3.18. The smallest absolute Gasteiger partial charge is 0.230 e. The van der Waals surface area contributed by atoms with Crippen molar-refractivity contribution in [2.24, 2.45) is 5.73 Å². The van der Waals surface area contributed by atoms with Gasteiger partial charge in [-0.05, 0) is 0 Å². The average Bonchev–Trinajstić information content (AvgIpc) is 2.04. The van der Waals surface area contributed by atoms with Crippen molar-refractivity contribution in [2.75, 3.05) is 13.1 Å². The molecule has 0 aromatic rings. The zero-order valence-corrected chi connectivity index (χ0v) is 6.66. The summed E-state index contributed by atoms with van der Waals surface area (Å²) in [6.07, 6.45) is 0. The number of nitrogens with one attached hydrogen (secondary N) is 1. The van der Waals surface area contributed by atoms with Crippen LogP contribution < -0.4 is 11.2 Å². The van der Waals surface area contributed by atoms with Gasteiger partial charge in [0, 0.05) is 6.54 Å². The van der Waals surface area contributed by atoms with Gasteiger partial charge in [-0.2, -0.15) is 0 Å². The number of hydrogen-bond donors (Lipinski definition) is 2. The molecule has 0 aromatic heterocycles. The van der Waals surface area contributed by atoms with Gasteiger partial charge in [0.05, 0.1) is 10.7 Å². The number of nitrogens with zero attached hydrogens (tertiary/aromatic N) is 3. The topological polar surface area (TPSA) is 87.7 Å². The highest BCUT2D eigenvalue weighted by Gasteiger charge is 2.48. The van der Waals surface area contributed by atoms with E-state index in [4.69, 9.17) is 0 Å². The molecule has 0 aliphatic carbocycles. The lowest BCUT2D eigenvalue weighted by atomic mass is 10.2. The van der Waals surface area contributed by atoms with Crippen LogP contribution in [0.25, 0.3) is 0 Å². The Labute approximate surface area is 74.9 Å². The fourth-order valence-electron chi connectivity index (χ4n) is 0.578. The number of hydrogen-bond acceptors (Lipinski definition) is 5. The molecule has 0 saturated heterocycles. The molecule has 0 aromatic carbocycles. The second-order valence-electron chi connectivity index (χ2n) is 2.24. The Hall–Kier alpha value is -1.20. The van der Waals surface area contributed by atoms with E-state index in [1.165, 1.54) is 5.43 Å². The molecule has 11 heteroatoms. The van der Waals surface area contributed by atoms with Crippen molar-refractivity contribution >= 4 is 0 Å². The van der Waals surface area contributed by atoms with E-state index in [0.717, 1.165) is 0 Å². The number of nitrogens with two attached hydrogens (primary N) is 1. The molecule has 0 unspecified atom stereocenters. The van der Waals surface area contributed by atoms with Crippen molar-refractivity contribution in [1.82, 2.24) is 16.1 Å². The monoisotopic (exact) mass is 221 g/mol. The Balaban J connectivity index is 4.59. The van der Waals surface area contributed by atoms with E-state index >= 15 is 0 Å². The van der Waals surface area contributed by atoms with Crippen LogP contribution in [0.15, 0.2) is 0 Å². The molecular weight excluding hydrogens is 214 g/mol. The van der Waals surface area contributed by atoms with Gasteiger partial charge in [0.25, 0.3) is 0 Å². The van der Waals surface area contributed by atoms with Crippen molar-refractivity contribution in [1.29, 1.82) is 0 Å². The first-order chi connectivity index (χ1) is 6.36. The summed E-state index contributed by atoms with van der Waals surface area (Å²) in [4.78, 5) is 9.73. The molecule has 0 aliphatic heterocycles. The van der Waals surface area contributed by atoms with Gasteiger partial charge >= 0.3 is 0 Å². The Morgan fingerprint density at radius 1 is 1.36 bits per heavy atom. The van der Waals surface area contributed by atoms with E-state index in [-0.39, 0.29) is 0 Å². The summed E-state index contributed by atoms with van der Waals surface area (Å²) in [5, 5.41) is 4.74. The Morgan fingerprint density at radius 3 is 2.00 bits per heavy atom. The predicted octanol–water partition coefficient (Wildman–Crippen LogP) is -0.435. The molecular formula is C3H7F4N5O2. The van der Waals surface area contributed by atoms with E-state index in [0.29, 0.717) is 0 Å². The third-order valence-corrected chi connectivity index (χ3v) is 1.45. The summed E-state index contributed by atoms with van der Waals surface area (Å²) in [5.74, 6) is 0. The molecule has 0 atom stereocenters. The Bertz CT molecular complexity index is 193. The van der Waals surface area contributed by atoms with Crippen LogP contribution in [-0.2, 0) is 0 Å². The van der Waals surface area contributed by atoms with Crippen LogP contribution in [0.5, 0.6) is 0 Å². The molecule has 0 aliphatic rings. The van der Waals surface area contributed by atoms with Gasteiger partial charge in [0.2, 0.25) is 5.66 Å². The maximum atomic E-state index is 12.0. The lowest BCUT2D eigenvalue weighted by Gasteiger charge is -2.29. The number of rotatable bonds is 6. The third-order valence-electron chi connectivity index (χ3n) is 1.45. The first kappa shape index (κ1) is 12.8. The normalized spacial score (nSPS) is 12.2. The number of nitro groups is 1. The van der Waals surface area contributed by atoms with Crippen LogP contribution in [-0.4, -0.2) is 34.5 Å². The highest BCUT2D eigenvalue weighted by atomic mass is 19.4. The zero-order chi connectivity index (χ0) is 11.4. The van der Waals surface area contributed by atoms with Crippen molar-refractivity contribution in [3.8, 4) is 0 Å². The number of hydrazine groups is 1. The van der Waals surface area contributed by atoms with Crippen molar-refractivity contribution in [3.05, 3.63) is 10.1 Å². The van der Waals surface area contributed by atoms with Gasteiger partial charge in [0.1, 0.15) is 6.54 Å². The van der Waals surface area contributed by atoms with E-state index in [1.807, 2.05) is 0 Å². The van der Waals surface area contributed by atoms with Gasteiger partial charge in [-0.3, -0.25) is 0 Å². The summed E-state index contributed by atoms with van der Waals surface area (Å²) in [6.45, 7) is -2.51. The minimum absolute atomic E-state index is 1.19. The summed E-state index contributed by atoms with van der Waals surface area (Å²) in [5.41, 5.74) is 2.69. The molecule has 84 valence electrons. The SMILES string of the molecule is NCC(CN[N+](=O)[O-])(N(F)F)N(F)F. The van der Waals surface area contributed by atoms with Crippen LogP contribution in [0.1, 0.15) is 0 Å². The number of halogens is 4. The molecule has 0 heterocycles. The van der Waals surface area contributed by atoms with E-state index in [1.54, 1.807) is 0 Å². The van der Waals surface area contributed by atoms with Crippen LogP contribution in [0.4, 0.5) is 17.9 Å². The summed E-state index contributed by atoms with van der Waals surface area (Å²) < 4.78 is 48.1. The molecule has 3 N–H and O–H groups in total. The van der Waals surface area contributed by atoms with E-state index < -0.39 is 34.5 Å². The van der Waals surface area contributed by atoms with Gasteiger partial charge in [-0.25, -0.2) is 10.1 Å². The lowest BCUT2D eigenvalue weighted by Crippen LogP contribution is -2.61. The van der Waals surface area contributed by atoms with Crippen molar-refractivity contribution in [3.63, 3.8) is 0 Å². The standard InChI is InChI=1S/C3H7F4N5O2/c4-10(5)3(1-8,11(6)7)2-9-12(13)14/h9H,1-2,8H2. The summed E-state index contributed by atoms with van der Waals surface area (Å²) in [7, 11) is 0. The molecule has 0 spiro atoms. The minimum atomic E-state index is -3.20. The highest BCUT2D eigenvalue weighted by Crippen LogP contribution is 2.21. The molecule has 0 bridgehead atoms. The maximum Gasteiger partial charge on any atom is 0.230 e. The second kappa shape index (κ2) is 4.88. The third kappa shape index (κ3) is 2.65. The molecule has 0 radical (unpaired) electrons. The second-order valence-corrected chi connectivity index (χ2v) is 2.24. The highest BCUT2D eigenvalue weighted by molar-refractivity contribution is 4.80. The van der Waals surface area contributed by atoms with E-state index in [9.17, 15) is 28.0 Å². The predicted molar refractivity (Wildman–Crippen MR) is 34.9 cm³/mol. The van der Waals surface area contributed by atoms with Gasteiger partial charge in [-0.15, -0.1) is 5.43 Å². The van der Waals surface area contributed by atoms with Crippen LogP contribution in [0.2, 0.25) is 0 Å². The fourth-order valence-corrected chi connectivity index (χ4v) is 0.578. The van der Waals surface area contributed by atoms with Gasteiger partial charge < -0.3 is 5.73 Å². The molecule has 0 saturated carbocycles. The van der Waals surface area contributed by atoms with Crippen molar-refractivity contribution in [2.45, 2.75) is 5.66 Å². The van der Waals surface area contributed by atoms with E-state index in [2.05, 4.69) is 5.73 Å². The quantitative estimate of drug-likeness (QED) is 0.208. The average molecular weight is 221 g/mol. The molecule has 0 rings (SSSR count).